The van der Waals surface area contributed by atoms with E-state index in [1.54, 1.807) is 42.5 Å². The van der Waals surface area contributed by atoms with Gasteiger partial charge in [0.1, 0.15) is 15.9 Å². The Kier molecular flexibility index (Phi) is 8.24. The Labute approximate surface area is 184 Å². The smallest absolute Gasteiger partial charge is 0.253 e. The summed E-state index contributed by atoms with van der Waals surface area (Å²) in [4.78, 5) is 25.5. The molecule has 0 aliphatic heterocycles. The number of halogens is 1. The molecular formula is C20H23BrN2O6S. The standard InChI is InChI=1S/C20H23BrN2O6S/c1-28-17-9-8-13(12-18(17)29-2)22-20(25)16(10-11-30(3,26)27)23-19(24)14-6-4-5-7-15(14)21/h4-9,12,16H,10-11H2,1-3H3,(H,22,25)(H,23,24)/t16-/m1/s1. The number of nitrogens with one attached hydrogen (secondary N) is 2. The molecule has 0 radical (unpaired) electrons. The molecule has 10 heteroatoms. The van der Waals surface area contributed by atoms with Crippen LogP contribution in [-0.2, 0) is 14.6 Å². The van der Waals surface area contributed by atoms with E-state index in [2.05, 4.69) is 26.6 Å². The van der Waals surface area contributed by atoms with Crippen molar-refractivity contribution in [1.82, 2.24) is 5.32 Å². The van der Waals surface area contributed by atoms with E-state index in [1.165, 1.54) is 14.2 Å². The third-order valence-electron chi connectivity index (χ3n) is 4.17. The van der Waals surface area contributed by atoms with E-state index in [-0.39, 0.29) is 12.2 Å². The molecule has 1 atom stereocenters. The van der Waals surface area contributed by atoms with Gasteiger partial charge in [0.2, 0.25) is 5.91 Å². The molecule has 0 bridgehead atoms. The molecule has 2 aromatic rings. The summed E-state index contributed by atoms with van der Waals surface area (Å²) in [6.45, 7) is 0. The van der Waals surface area contributed by atoms with Crippen molar-refractivity contribution in [3.05, 3.63) is 52.5 Å². The maximum atomic E-state index is 12.8. The highest BCUT2D eigenvalue weighted by Gasteiger charge is 2.24. The first kappa shape index (κ1) is 23.7. The van der Waals surface area contributed by atoms with Crippen LogP contribution in [0.25, 0.3) is 0 Å². The van der Waals surface area contributed by atoms with Gasteiger partial charge in [0.25, 0.3) is 5.91 Å². The fourth-order valence-corrected chi connectivity index (χ4v) is 3.75. The predicted molar refractivity (Wildman–Crippen MR) is 118 cm³/mol. The van der Waals surface area contributed by atoms with Gasteiger partial charge in [-0.25, -0.2) is 8.42 Å². The highest BCUT2D eigenvalue weighted by Crippen LogP contribution is 2.29. The summed E-state index contributed by atoms with van der Waals surface area (Å²) < 4.78 is 34.1. The van der Waals surface area contributed by atoms with Crippen molar-refractivity contribution >= 4 is 43.3 Å². The van der Waals surface area contributed by atoms with Crippen LogP contribution in [0, 0.1) is 0 Å². The molecule has 2 amide bonds. The van der Waals surface area contributed by atoms with Gasteiger partial charge in [-0.3, -0.25) is 9.59 Å². The summed E-state index contributed by atoms with van der Waals surface area (Å²) in [7, 11) is -0.368. The van der Waals surface area contributed by atoms with Gasteiger partial charge in [0.15, 0.2) is 11.5 Å². The highest BCUT2D eigenvalue weighted by molar-refractivity contribution is 9.10. The number of ether oxygens (including phenoxy) is 2. The minimum atomic E-state index is -3.33. The SMILES string of the molecule is COc1ccc(NC(=O)[C@@H](CCS(C)(=O)=O)NC(=O)c2ccccc2Br)cc1OC. The average molecular weight is 499 g/mol. The van der Waals surface area contributed by atoms with Crippen LogP contribution >= 0.6 is 15.9 Å². The van der Waals surface area contributed by atoms with Crippen LogP contribution in [-0.4, -0.2) is 52.5 Å². The number of anilines is 1. The quantitative estimate of drug-likeness (QED) is 0.549. The monoisotopic (exact) mass is 498 g/mol. The highest BCUT2D eigenvalue weighted by atomic mass is 79.9. The lowest BCUT2D eigenvalue weighted by molar-refractivity contribution is -0.118. The molecule has 2 rings (SSSR count). The third kappa shape index (κ3) is 6.74. The summed E-state index contributed by atoms with van der Waals surface area (Å²) in [6, 6.07) is 10.5. The van der Waals surface area contributed by atoms with Gasteiger partial charge in [0, 0.05) is 22.5 Å². The molecule has 162 valence electrons. The second kappa shape index (κ2) is 10.4. The van der Waals surface area contributed by atoms with Gasteiger partial charge in [-0.15, -0.1) is 0 Å². The van der Waals surface area contributed by atoms with Gasteiger partial charge < -0.3 is 20.1 Å². The Morgan fingerprint density at radius 3 is 2.33 bits per heavy atom. The first-order chi connectivity index (χ1) is 14.1. The molecule has 30 heavy (non-hydrogen) atoms. The molecule has 0 aromatic heterocycles. The minimum Gasteiger partial charge on any atom is -0.493 e. The maximum absolute atomic E-state index is 12.8. The van der Waals surface area contributed by atoms with Crippen LogP contribution in [0.3, 0.4) is 0 Å². The minimum absolute atomic E-state index is 0.0752. The van der Waals surface area contributed by atoms with E-state index in [0.29, 0.717) is 27.2 Å². The molecule has 0 saturated carbocycles. The van der Waals surface area contributed by atoms with Crippen molar-refractivity contribution in [2.24, 2.45) is 0 Å². The van der Waals surface area contributed by atoms with Crippen LogP contribution in [0.5, 0.6) is 11.5 Å². The van der Waals surface area contributed by atoms with Crippen molar-refractivity contribution in [3.63, 3.8) is 0 Å². The van der Waals surface area contributed by atoms with Crippen LogP contribution < -0.4 is 20.1 Å². The number of hydrogen-bond acceptors (Lipinski definition) is 6. The lowest BCUT2D eigenvalue weighted by Crippen LogP contribution is -2.44. The first-order valence-electron chi connectivity index (χ1n) is 8.90. The van der Waals surface area contributed by atoms with Gasteiger partial charge in [0.05, 0.1) is 25.5 Å². The topological polar surface area (TPSA) is 111 Å². The van der Waals surface area contributed by atoms with E-state index < -0.39 is 27.7 Å². The zero-order chi connectivity index (χ0) is 22.3. The molecule has 0 unspecified atom stereocenters. The van der Waals surface area contributed by atoms with Crippen LogP contribution in [0.4, 0.5) is 5.69 Å². The second-order valence-electron chi connectivity index (χ2n) is 6.48. The Morgan fingerprint density at radius 2 is 1.73 bits per heavy atom. The van der Waals surface area contributed by atoms with Gasteiger partial charge in [-0.05, 0) is 46.6 Å². The van der Waals surface area contributed by atoms with Gasteiger partial charge in [-0.2, -0.15) is 0 Å². The van der Waals surface area contributed by atoms with Crippen molar-refractivity contribution in [2.75, 3.05) is 31.5 Å². The number of carbonyl (C=O) groups excluding carboxylic acids is 2. The summed E-state index contributed by atoms with van der Waals surface area (Å²) >= 11 is 3.29. The normalized spacial score (nSPS) is 12.0. The molecule has 2 N–H and O–H groups in total. The first-order valence-corrected chi connectivity index (χ1v) is 11.8. The van der Waals surface area contributed by atoms with Crippen molar-refractivity contribution in [1.29, 1.82) is 0 Å². The fraction of sp³-hybridized carbons (Fsp3) is 0.300. The van der Waals surface area contributed by atoms with Crippen molar-refractivity contribution < 1.29 is 27.5 Å². The third-order valence-corrected chi connectivity index (χ3v) is 5.84. The van der Waals surface area contributed by atoms with E-state index in [9.17, 15) is 18.0 Å². The largest absolute Gasteiger partial charge is 0.493 e. The number of carbonyl (C=O) groups is 2. The Hall–Kier alpha value is -2.59. The molecular weight excluding hydrogens is 476 g/mol. The van der Waals surface area contributed by atoms with E-state index in [4.69, 9.17) is 9.47 Å². The summed E-state index contributed by atoms with van der Waals surface area (Å²) in [5.74, 6) is -0.394. The average Bonchev–Trinajstić information content (AvgIpc) is 2.70. The molecule has 0 heterocycles. The van der Waals surface area contributed by atoms with Crippen molar-refractivity contribution in [2.45, 2.75) is 12.5 Å². The molecule has 8 nitrogen and oxygen atoms in total. The molecule has 0 spiro atoms. The van der Waals surface area contributed by atoms with E-state index in [1.807, 2.05) is 0 Å². The number of benzene rings is 2. The lowest BCUT2D eigenvalue weighted by atomic mass is 10.1. The second-order valence-corrected chi connectivity index (χ2v) is 9.60. The number of amides is 2. The molecule has 2 aromatic carbocycles. The molecule has 0 saturated heterocycles. The van der Waals surface area contributed by atoms with Crippen LogP contribution in [0.15, 0.2) is 46.9 Å². The zero-order valence-electron chi connectivity index (χ0n) is 16.8. The Balaban J connectivity index is 2.22. The summed E-state index contributed by atoms with van der Waals surface area (Å²) in [5.41, 5.74) is 0.748. The van der Waals surface area contributed by atoms with Crippen LogP contribution in [0.2, 0.25) is 0 Å². The van der Waals surface area contributed by atoms with Gasteiger partial charge >= 0.3 is 0 Å². The van der Waals surface area contributed by atoms with E-state index >= 15 is 0 Å². The number of rotatable bonds is 9. The maximum Gasteiger partial charge on any atom is 0.253 e. The molecule has 0 aliphatic carbocycles. The number of methoxy groups -OCH3 is 2. The van der Waals surface area contributed by atoms with E-state index in [0.717, 1.165) is 6.26 Å². The van der Waals surface area contributed by atoms with Crippen LogP contribution in [0.1, 0.15) is 16.8 Å². The summed E-state index contributed by atoms with van der Waals surface area (Å²) in [6.07, 6.45) is 1.00. The summed E-state index contributed by atoms with van der Waals surface area (Å²) in [5, 5.41) is 5.30. The Bertz CT molecular complexity index is 1030. The zero-order valence-corrected chi connectivity index (χ0v) is 19.2. The molecule has 0 fully saturated rings. The lowest BCUT2D eigenvalue weighted by Gasteiger charge is -2.19. The predicted octanol–water partition coefficient (Wildman–Crippen LogP) is 2.64. The number of sulfone groups is 1. The van der Waals surface area contributed by atoms with Crippen molar-refractivity contribution in [3.8, 4) is 11.5 Å². The number of hydrogen-bond donors (Lipinski definition) is 2. The Morgan fingerprint density at radius 1 is 1.07 bits per heavy atom. The van der Waals surface area contributed by atoms with Gasteiger partial charge in [-0.1, -0.05) is 12.1 Å². The fourth-order valence-electron chi connectivity index (χ4n) is 2.63. The molecule has 0 aliphatic rings.